The first-order chi connectivity index (χ1) is 5.70. The van der Waals surface area contributed by atoms with E-state index in [2.05, 4.69) is 0 Å². The van der Waals surface area contributed by atoms with Gasteiger partial charge in [-0.25, -0.2) is 5.84 Å². The third-order valence-electron chi connectivity index (χ3n) is 1.91. The van der Waals surface area contributed by atoms with Gasteiger partial charge in [0, 0.05) is 12.6 Å². The number of nitrogens with zero attached hydrogens (tertiary/aromatic N) is 1. The number of hydrazine groups is 1. The number of hydrogen-bond donors (Lipinski definition) is 2. The zero-order valence-electron chi connectivity index (χ0n) is 7.04. The van der Waals surface area contributed by atoms with Gasteiger partial charge in [-0.15, -0.1) is 0 Å². The van der Waals surface area contributed by atoms with Crippen LogP contribution < -0.4 is 11.3 Å². The zero-order valence-corrected chi connectivity index (χ0v) is 7.04. The number of likely N-dealkylation sites (N-methyl/N-ethyl adjacent to an activating group) is 1. The Kier molecular flexibility index (Phi) is 2.65. The van der Waals surface area contributed by atoms with Gasteiger partial charge in [-0.05, 0) is 19.8 Å². The molecule has 12 heavy (non-hydrogen) atoms. The Hall–Kier alpha value is -1.10. The van der Waals surface area contributed by atoms with E-state index in [-0.39, 0.29) is 6.04 Å². The van der Waals surface area contributed by atoms with E-state index in [4.69, 9.17) is 5.84 Å². The van der Waals surface area contributed by atoms with E-state index >= 15 is 0 Å². The molecule has 1 aliphatic rings. The van der Waals surface area contributed by atoms with Crippen LogP contribution in [0.25, 0.3) is 0 Å². The maximum atomic E-state index is 11.2. The van der Waals surface area contributed by atoms with Crippen molar-refractivity contribution in [3.05, 3.63) is 0 Å². The molecular weight excluding hydrogens is 158 g/mol. The van der Waals surface area contributed by atoms with Gasteiger partial charge in [0.1, 0.15) is 0 Å². The third kappa shape index (κ3) is 1.73. The summed E-state index contributed by atoms with van der Waals surface area (Å²) in [5.74, 6) is 3.58. The second-order valence-electron chi connectivity index (χ2n) is 2.80. The zero-order chi connectivity index (χ0) is 9.14. The molecule has 68 valence electrons. The van der Waals surface area contributed by atoms with Gasteiger partial charge in [0.25, 0.3) is 0 Å². The lowest BCUT2D eigenvalue weighted by atomic mass is 10.4. The summed E-state index contributed by atoms with van der Waals surface area (Å²) >= 11 is 0. The van der Waals surface area contributed by atoms with Crippen LogP contribution in [0.5, 0.6) is 0 Å². The van der Waals surface area contributed by atoms with E-state index in [1.54, 1.807) is 4.90 Å². The Balaban J connectivity index is 2.52. The minimum Gasteiger partial charge on any atom is -0.332 e. The highest BCUT2D eigenvalue weighted by Gasteiger charge is 2.33. The monoisotopic (exact) mass is 171 g/mol. The van der Waals surface area contributed by atoms with Gasteiger partial charge in [0.15, 0.2) is 0 Å². The van der Waals surface area contributed by atoms with Crippen molar-refractivity contribution < 1.29 is 9.59 Å². The van der Waals surface area contributed by atoms with E-state index in [1.807, 2.05) is 12.3 Å². The van der Waals surface area contributed by atoms with Gasteiger partial charge < -0.3 is 4.90 Å². The highest BCUT2D eigenvalue weighted by atomic mass is 16.2. The van der Waals surface area contributed by atoms with E-state index in [0.717, 1.165) is 12.8 Å². The fourth-order valence-electron chi connectivity index (χ4n) is 1.15. The molecule has 1 aliphatic carbocycles. The summed E-state index contributed by atoms with van der Waals surface area (Å²) in [7, 11) is 0. The molecule has 1 rings (SSSR count). The van der Waals surface area contributed by atoms with Gasteiger partial charge >= 0.3 is 11.8 Å². The van der Waals surface area contributed by atoms with Crippen LogP contribution in [-0.2, 0) is 9.59 Å². The minimum absolute atomic E-state index is 0.264. The molecule has 0 aromatic carbocycles. The normalized spacial score (nSPS) is 15.5. The van der Waals surface area contributed by atoms with E-state index in [0.29, 0.717) is 6.54 Å². The van der Waals surface area contributed by atoms with Crippen molar-refractivity contribution in [2.24, 2.45) is 5.84 Å². The smallest absolute Gasteiger partial charge is 0.323 e. The molecule has 5 nitrogen and oxygen atoms in total. The van der Waals surface area contributed by atoms with E-state index < -0.39 is 11.8 Å². The molecule has 0 aromatic heterocycles. The topological polar surface area (TPSA) is 75.4 Å². The van der Waals surface area contributed by atoms with Gasteiger partial charge in [-0.1, -0.05) is 0 Å². The number of hydrogen-bond acceptors (Lipinski definition) is 3. The second kappa shape index (κ2) is 3.53. The molecule has 0 unspecified atom stereocenters. The summed E-state index contributed by atoms with van der Waals surface area (Å²) in [5, 5.41) is 0. The quantitative estimate of drug-likeness (QED) is 0.242. The van der Waals surface area contributed by atoms with Gasteiger partial charge in [0.2, 0.25) is 0 Å². The van der Waals surface area contributed by atoms with Crippen LogP contribution in [-0.4, -0.2) is 29.3 Å². The molecule has 0 heterocycles. The summed E-state index contributed by atoms with van der Waals surface area (Å²) in [5.41, 5.74) is 1.83. The number of carbonyl (C=O) groups is 2. The van der Waals surface area contributed by atoms with Crippen molar-refractivity contribution in [1.82, 2.24) is 10.3 Å². The van der Waals surface area contributed by atoms with Crippen LogP contribution in [0, 0.1) is 0 Å². The number of amides is 2. The molecule has 0 aliphatic heterocycles. The summed E-state index contributed by atoms with van der Waals surface area (Å²) in [4.78, 5) is 23.6. The Morgan fingerprint density at radius 1 is 1.58 bits per heavy atom. The summed E-state index contributed by atoms with van der Waals surface area (Å²) in [6.07, 6.45) is 1.99. The third-order valence-corrected chi connectivity index (χ3v) is 1.91. The molecule has 0 aromatic rings. The molecule has 2 amide bonds. The lowest BCUT2D eigenvalue weighted by Crippen LogP contribution is -2.46. The molecule has 5 heteroatoms. The molecule has 0 saturated heterocycles. The minimum atomic E-state index is -0.733. The van der Waals surface area contributed by atoms with Crippen molar-refractivity contribution in [1.29, 1.82) is 0 Å². The van der Waals surface area contributed by atoms with Crippen molar-refractivity contribution in [3.8, 4) is 0 Å². The Bertz CT molecular complexity index is 201. The van der Waals surface area contributed by atoms with Crippen LogP contribution >= 0.6 is 0 Å². The molecule has 0 spiro atoms. The number of carbonyl (C=O) groups excluding carboxylic acids is 2. The maximum absolute atomic E-state index is 11.2. The summed E-state index contributed by atoms with van der Waals surface area (Å²) in [6, 6.07) is 0.264. The van der Waals surface area contributed by atoms with Crippen LogP contribution in [0.2, 0.25) is 0 Å². The number of nitrogens with two attached hydrogens (primary N) is 1. The van der Waals surface area contributed by atoms with Gasteiger partial charge in [0.05, 0.1) is 0 Å². The van der Waals surface area contributed by atoms with Gasteiger partial charge in [-0.3, -0.25) is 15.0 Å². The SMILES string of the molecule is CCN(C(=O)C(=O)NN)C1CC1. The molecule has 0 radical (unpaired) electrons. The predicted octanol–water partition coefficient (Wildman–Crippen LogP) is -1.01. The average molecular weight is 171 g/mol. The lowest BCUT2D eigenvalue weighted by Gasteiger charge is -2.18. The number of rotatable bonds is 2. The largest absolute Gasteiger partial charge is 0.332 e. The average Bonchev–Trinajstić information content (AvgIpc) is 2.88. The molecule has 1 saturated carbocycles. The Morgan fingerprint density at radius 2 is 2.17 bits per heavy atom. The van der Waals surface area contributed by atoms with Crippen LogP contribution in [0.4, 0.5) is 0 Å². The molecule has 3 N–H and O–H groups in total. The molecular formula is C7H13N3O2. The first-order valence-electron chi connectivity index (χ1n) is 4.02. The van der Waals surface area contributed by atoms with Crippen LogP contribution in [0.15, 0.2) is 0 Å². The fraction of sp³-hybridized carbons (Fsp3) is 0.714. The molecule has 0 atom stereocenters. The summed E-state index contributed by atoms with van der Waals surface area (Å²) in [6.45, 7) is 2.41. The van der Waals surface area contributed by atoms with Crippen LogP contribution in [0.1, 0.15) is 19.8 Å². The molecule has 1 fully saturated rings. The Labute approximate surface area is 70.9 Å². The first kappa shape index (κ1) is 8.99. The highest BCUT2D eigenvalue weighted by molar-refractivity contribution is 6.34. The highest BCUT2D eigenvalue weighted by Crippen LogP contribution is 2.26. The first-order valence-corrected chi connectivity index (χ1v) is 4.02. The fourth-order valence-corrected chi connectivity index (χ4v) is 1.15. The lowest BCUT2D eigenvalue weighted by molar-refractivity contribution is -0.146. The summed E-state index contributed by atoms with van der Waals surface area (Å²) < 4.78 is 0. The number of nitrogens with one attached hydrogen (secondary N) is 1. The van der Waals surface area contributed by atoms with Crippen LogP contribution in [0.3, 0.4) is 0 Å². The maximum Gasteiger partial charge on any atom is 0.323 e. The second-order valence-corrected chi connectivity index (χ2v) is 2.80. The van der Waals surface area contributed by atoms with Crippen molar-refractivity contribution in [2.45, 2.75) is 25.8 Å². The van der Waals surface area contributed by atoms with E-state index in [9.17, 15) is 9.59 Å². The molecule has 0 bridgehead atoms. The van der Waals surface area contributed by atoms with E-state index in [1.165, 1.54) is 0 Å². The Morgan fingerprint density at radius 3 is 2.50 bits per heavy atom. The van der Waals surface area contributed by atoms with Gasteiger partial charge in [-0.2, -0.15) is 0 Å². The van der Waals surface area contributed by atoms with Crippen molar-refractivity contribution >= 4 is 11.8 Å². The standard InChI is InChI=1S/C7H13N3O2/c1-2-10(5-3-4-5)7(12)6(11)9-8/h5H,2-4,8H2,1H3,(H,9,11). The van der Waals surface area contributed by atoms with Crippen molar-refractivity contribution in [3.63, 3.8) is 0 Å². The van der Waals surface area contributed by atoms with Crippen molar-refractivity contribution in [2.75, 3.05) is 6.54 Å². The predicted molar refractivity (Wildman–Crippen MR) is 42.7 cm³/mol.